The molecule has 0 saturated carbocycles. The van der Waals surface area contributed by atoms with Crippen LogP contribution >= 0.6 is 0 Å². The molecule has 0 bridgehead atoms. The minimum Gasteiger partial charge on any atom is -0.326 e. The van der Waals surface area contributed by atoms with Gasteiger partial charge in [-0.05, 0) is 13.5 Å². The molecule has 0 aliphatic carbocycles. The van der Waals surface area contributed by atoms with Gasteiger partial charge in [-0.2, -0.15) is 9.40 Å². The van der Waals surface area contributed by atoms with Gasteiger partial charge in [0.15, 0.2) is 5.03 Å². The fraction of sp³-hybridized carbons (Fsp3) is 0.727. The number of nitrogens with one attached hydrogen (secondary N) is 1. The average molecular weight is 287 g/mol. The number of nitrogens with zero attached hydrogens (tertiary/aromatic N) is 3. The van der Waals surface area contributed by atoms with Crippen LogP contribution in [-0.4, -0.2) is 60.5 Å². The van der Waals surface area contributed by atoms with Crippen LogP contribution in [0.25, 0.3) is 0 Å². The molecule has 1 aliphatic heterocycles. The van der Waals surface area contributed by atoms with E-state index in [1.165, 1.54) is 4.31 Å². The maximum atomic E-state index is 12.5. The molecule has 0 atom stereocenters. The molecule has 7 nitrogen and oxygen atoms in total. The lowest BCUT2D eigenvalue weighted by Crippen LogP contribution is -2.48. The van der Waals surface area contributed by atoms with E-state index in [0.29, 0.717) is 24.3 Å². The highest BCUT2D eigenvalue weighted by Crippen LogP contribution is 2.21. The quantitative estimate of drug-likeness (QED) is 0.778. The summed E-state index contributed by atoms with van der Waals surface area (Å²) in [4.78, 5) is 2.23. The number of H-pyrrole nitrogens is 1. The van der Waals surface area contributed by atoms with E-state index in [2.05, 4.69) is 22.0 Å². The number of likely N-dealkylation sites (N-methyl/N-ethyl adjacent to an activating group) is 1. The summed E-state index contributed by atoms with van der Waals surface area (Å²) in [6.07, 6.45) is 0. The number of rotatable bonds is 4. The van der Waals surface area contributed by atoms with Crippen LogP contribution in [-0.2, 0) is 16.6 Å². The van der Waals surface area contributed by atoms with Gasteiger partial charge in [-0.15, -0.1) is 0 Å². The first-order valence-electron chi connectivity index (χ1n) is 6.47. The third-order valence-electron chi connectivity index (χ3n) is 3.60. The summed E-state index contributed by atoms with van der Waals surface area (Å²) in [6.45, 7) is 7.51. The van der Waals surface area contributed by atoms with E-state index in [1.54, 1.807) is 6.92 Å². The fourth-order valence-corrected chi connectivity index (χ4v) is 3.89. The molecule has 19 heavy (non-hydrogen) atoms. The Bertz CT molecular complexity index is 531. The Balaban J connectivity index is 2.23. The monoisotopic (exact) mass is 287 g/mol. The molecule has 108 valence electrons. The molecule has 0 aromatic carbocycles. The molecule has 1 aromatic rings. The number of aromatic amines is 1. The van der Waals surface area contributed by atoms with Gasteiger partial charge in [0.2, 0.25) is 0 Å². The Morgan fingerprint density at radius 3 is 2.47 bits per heavy atom. The lowest BCUT2D eigenvalue weighted by atomic mass is 10.3. The molecule has 0 unspecified atom stereocenters. The highest BCUT2D eigenvalue weighted by Gasteiger charge is 2.32. The Labute approximate surface area is 113 Å². The zero-order valence-electron chi connectivity index (χ0n) is 11.4. The van der Waals surface area contributed by atoms with Crippen molar-refractivity contribution >= 4 is 10.0 Å². The van der Waals surface area contributed by atoms with E-state index >= 15 is 0 Å². The van der Waals surface area contributed by atoms with E-state index < -0.39 is 10.0 Å². The largest absolute Gasteiger partial charge is 0.326 e. The Hall–Kier alpha value is -0.960. The number of piperazine rings is 1. The number of hydrogen-bond donors (Lipinski definition) is 2. The van der Waals surface area contributed by atoms with Crippen molar-refractivity contribution in [3.05, 3.63) is 11.3 Å². The smallest absolute Gasteiger partial charge is 0.262 e. The van der Waals surface area contributed by atoms with Crippen molar-refractivity contribution in [2.75, 3.05) is 32.7 Å². The standard InChI is InChI=1S/C11H21N5O2S/c1-3-15-4-6-16(7-5-15)19(17,18)11-10(8-12)9(2)13-14-11/h3-8,12H2,1-2H3,(H,13,14). The maximum Gasteiger partial charge on any atom is 0.262 e. The first-order chi connectivity index (χ1) is 9.00. The number of hydrogen-bond acceptors (Lipinski definition) is 5. The van der Waals surface area contributed by atoms with E-state index in [9.17, 15) is 8.42 Å². The summed E-state index contributed by atoms with van der Waals surface area (Å²) in [5.41, 5.74) is 6.91. The van der Waals surface area contributed by atoms with Crippen molar-refractivity contribution in [3.8, 4) is 0 Å². The van der Waals surface area contributed by atoms with Crippen molar-refractivity contribution in [2.24, 2.45) is 5.73 Å². The second-order valence-corrected chi connectivity index (χ2v) is 6.53. The van der Waals surface area contributed by atoms with E-state index in [4.69, 9.17) is 5.73 Å². The highest BCUT2D eigenvalue weighted by molar-refractivity contribution is 7.89. The predicted molar refractivity (Wildman–Crippen MR) is 72.1 cm³/mol. The summed E-state index contributed by atoms with van der Waals surface area (Å²) < 4.78 is 26.6. The number of aryl methyl sites for hydroxylation is 1. The van der Waals surface area contributed by atoms with Crippen LogP contribution in [0.4, 0.5) is 0 Å². The first-order valence-corrected chi connectivity index (χ1v) is 7.91. The van der Waals surface area contributed by atoms with Crippen molar-refractivity contribution < 1.29 is 8.42 Å². The molecule has 1 aromatic heterocycles. The molecular weight excluding hydrogens is 266 g/mol. The number of aromatic nitrogens is 2. The van der Waals surface area contributed by atoms with Crippen LogP contribution in [0.15, 0.2) is 5.03 Å². The van der Waals surface area contributed by atoms with Gasteiger partial charge in [0, 0.05) is 44.0 Å². The first kappa shape index (κ1) is 14.4. The van der Waals surface area contributed by atoms with Crippen molar-refractivity contribution in [2.45, 2.75) is 25.4 Å². The van der Waals surface area contributed by atoms with Gasteiger partial charge >= 0.3 is 0 Å². The predicted octanol–water partition coefficient (Wildman–Crippen LogP) is -0.497. The van der Waals surface area contributed by atoms with Crippen LogP contribution in [0.2, 0.25) is 0 Å². The van der Waals surface area contributed by atoms with Crippen molar-refractivity contribution in [1.82, 2.24) is 19.4 Å². The molecule has 0 amide bonds. The number of sulfonamides is 1. The van der Waals surface area contributed by atoms with E-state index in [-0.39, 0.29) is 11.6 Å². The van der Waals surface area contributed by atoms with Crippen LogP contribution in [0.3, 0.4) is 0 Å². The summed E-state index contributed by atoms with van der Waals surface area (Å²) in [5.74, 6) is 0. The molecule has 2 rings (SSSR count). The van der Waals surface area contributed by atoms with Gasteiger partial charge in [0.25, 0.3) is 10.0 Å². The van der Waals surface area contributed by atoms with Gasteiger partial charge in [0.05, 0.1) is 0 Å². The summed E-state index contributed by atoms with van der Waals surface area (Å²) in [6, 6.07) is 0. The van der Waals surface area contributed by atoms with Crippen molar-refractivity contribution in [3.63, 3.8) is 0 Å². The van der Waals surface area contributed by atoms with Gasteiger partial charge in [0.1, 0.15) is 0 Å². The summed E-state index contributed by atoms with van der Waals surface area (Å²) in [5, 5.41) is 6.71. The minimum atomic E-state index is -3.53. The second kappa shape index (κ2) is 5.58. The normalized spacial score (nSPS) is 18.9. The summed E-state index contributed by atoms with van der Waals surface area (Å²) >= 11 is 0. The van der Waals surface area contributed by atoms with Crippen LogP contribution in [0.1, 0.15) is 18.2 Å². The molecule has 8 heteroatoms. The van der Waals surface area contributed by atoms with E-state index in [1.807, 2.05) is 0 Å². The van der Waals surface area contributed by atoms with Gasteiger partial charge in [-0.25, -0.2) is 8.42 Å². The molecule has 1 fully saturated rings. The maximum absolute atomic E-state index is 12.5. The molecule has 2 heterocycles. The molecule has 3 N–H and O–H groups in total. The van der Waals surface area contributed by atoms with Crippen LogP contribution < -0.4 is 5.73 Å². The third kappa shape index (κ3) is 2.66. The minimum absolute atomic E-state index is 0.0810. The van der Waals surface area contributed by atoms with Gasteiger partial charge < -0.3 is 10.6 Å². The average Bonchev–Trinajstić information content (AvgIpc) is 2.80. The zero-order chi connectivity index (χ0) is 14.0. The lowest BCUT2D eigenvalue weighted by Gasteiger charge is -2.32. The zero-order valence-corrected chi connectivity index (χ0v) is 12.2. The van der Waals surface area contributed by atoms with Crippen LogP contribution in [0.5, 0.6) is 0 Å². The summed E-state index contributed by atoms with van der Waals surface area (Å²) in [7, 11) is -3.53. The molecule has 0 spiro atoms. The van der Waals surface area contributed by atoms with Gasteiger partial charge in [-0.1, -0.05) is 6.92 Å². The third-order valence-corrected chi connectivity index (χ3v) is 5.47. The Morgan fingerprint density at radius 1 is 1.32 bits per heavy atom. The number of nitrogens with two attached hydrogens (primary N) is 1. The topological polar surface area (TPSA) is 95.3 Å². The molecular formula is C11H21N5O2S. The molecule has 1 saturated heterocycles. The second-order valence-electron chi connectivity index (χ2n) is 4.67. The van der Waals surface area contributed by atoms with Crippen LogP contribution in [0, 0.1) is 6.92 Å². The molecule has 0 radical (unpaired) electrons. The molecule has 1 aliphatic rings. The lowest BCUT2D eigenvalue weighted by molar-refractivity contribution is 0.196. The highest BCUT2D eigenvalue weighted by atomic mass is 32.2. The SMILES string of the molecule is CCN1CCN(S(=O)(=O)c2n[nH]c(C)c2CN)CC1. The van der Waals surface area contributed by atoms with E-state index in [0.717, 1.165) is 19.6 Å². The van der Waals surface area contributed by atoms with Gasteiger partial charge in [-0.3, -0.25) is 5.10 Å². The fourth-order valence-electron chi connectivity index (χ4n) is 2.29. The Morgan fingerprint density at radius 2 is 1.95 bits per heavy atom. The van der Waals surface area contributed by atoms with Crippen molar-refractivity contribution in [1.29, 1.82) is 0 Å². The Kier molecular flexibility index (Phi) is 4.24.